The maximum atomic E-state index is 13.0. The molecule has 2 saturated carbocycles. The van der Waals surface area contributed by atoms with Crippen LogP contribution in [0.1, 0.15) is 69.4 Å². The molecular formula is C30H38N4O3S2. The maximum Gasteiger partial charge on any atom is 0.224 e. The molecule has 0 saturated heterocycles. The molecule has 2 aliphatic rings. The van der Waals surface area contributed by atoms with Gasteiger partial charge in [0.2, 0.25) is 15.9 Å². The summed E-state index contributed by atoms with van der Waals surface area (Å²) in [6, 6.07) is 10.4. The number of hydrogen-bond donors (Lipinski definition) is 3. The van der Waals surface area contributed by atoms with Crippen LogP contribution < -0.4 is 15.8 Å². The van der Waals surface area contributed by atoms with Crippen LogP contribution in [-0.2, 0) is 20.4 Å². The molecule has 1 amide bonds. The maximum absolute atomic E-state index is 13.0. The summed E-state index contributed by atoms with van der Waals surface area (Å²) < 4.78 is 26.5. The van der Waals surface area contributed by atoms with Crippen LogP contribution in [0.5, 0.6) is 0 Å². The van der Waals surface area contributed by atoms with Gasteiger partial charge in [0.1, 0.15) is 0 Å². The van der Waals surface area contributed by atoms with E-state index in [4.69, 9.17) is 10.7 Å². The number of pyridine rings is 1. The number of amides is 1. The molecule has 0 radical (unpaired) electrons. The van der Waals surface area contributed by atoms with Crippen molar-refractivity contribution in [3.8, 4) is 22.4 Å². The standard InChI is InChI=1S/C30H38N4O3S2/c1-3-39(36,37)34-24-11-5-21(6-12-24)15-28(35)33-25-16-26(27-19-38-18-20(27)2)29(32-17-25)22-7-9-23(10-8-22)30(31)13-4-14-30/h7-10,16-19,21,24,34H,3-6,11-15,31H2,1-2H3,(H,33,35). The van der Waals surface area contributed by atoms with Crippen molar-refractivity contribution in [2.75, 3.05) is 11.1 Å². The Bertz CT molecular complexity index is 1420. The zero-order valence-corrected chi connectivity index (χ0v) is 24.3. The van der Waals surface area contributed by atoms with Crippen molar-refractivity contribution in [1.29, 1.82) is 0 Å². The fraction of sp³-hybridized carbons (Fsp3) is 0.467. The lowest BCUT2D eigenvalue weighted by Crippen LogP contribution is -2.43. The van der Waals surface area contributed by atoms with Crippen LogP contribution in [0.4, 0.5) is 5.69 Å². The van der Waals surface area contributed by atoms with Gasteiger partial charge in [-0.15, -0.1) is 0 Å². The van der Waals surface area contributed by atoms with E-state index in [-0.39, 0.29) is 29.2 Å². The molecule has 0 aliphatic heterocycles. The predicted octanol–water partition coefficient (Wildman–Crippen LogP) is 5.95. The van der Waals surface area contributed by atoms with Crippen molar-refractivity contribution in [1.82, 2.24) is 9.71 Å². The zero-order chi connectivity index (χ0) is 27.6. The lowest BCUT2D eigenvalue weighted by molar-refractivity contribution is -0.117. The number of thiophene rings is 1. The first-order valence-electron chi connectivity index (χ1n) is 13.9. The van der Waals surface area contributed by atoms with Crippen molar-refractivity contribution in [3.63, 3.8) is 0 Å². The van der Waals surface area contributed by atoms with Crippen molar-refractivity contribution in [2.24, 2.45) is 11.7 Å². The molecule has 39 heavy (non-hydrogen) atoms. The van der Waals surface area contributed by atoms with Crippen LogP contribution in [-0.4, -0.2) is 31.1 Å². The largest absolute Gasteiger partial charge is 0.325 e. The summed E-state index contributed by atoms with van der Waals surface area (Å²) in [5, 5.41) is 7.32. The van der Waals surface area contributed by atoms with Crippen LogP contribution in [0, 0.1) is 12.8 Å². The monoisotopic (exact) mass is 566 g/mol. The molecule has 0 unspecified atom stereocenters. The quantitative estimate of drug-likeness (QED) is 0.296. The third-order valence-electron chi connectivity index (χ3n) is 8.34. The lowest BCUT2D eigenvalue weighted by Gasteiger charge is -2.38. The number of benzene rings is 1. The Morgan fingerprint density at radius 1 is 1.10 bits per heavy atom. The first-order chi connectivity index (χ1) is 18.7. The number of carbonyl (C=O) groups is 1. The number of sulfonamides is 1. The molecular weight excluding hydrogens is 528 g/mol. The molecule has 7 nitrogen and oxygen atoms in total. The minimum Gasteiger partial charge on any atom is -0.325 e. The van der Waals surface area contributed by atoms with Crippen molar-refractivity contribution < 1.29 is 13.2 Å². The summed E-state index contributed by atoms with van der Waals surface area (Å²) in [4.78, 5) is 17.8. The molecule has 2 heterocycles. The number of nitrogens with two attached hydrogens (primary N) is 1. The van der Waals surface area contributed by atoms with Gasteiger partial charge in [-0.3, -0.25) is 9.78 Å². The van der Waals surface area contributed by atoms with Gasteiger partial charge in [0.25, 0.3) is 0 Å². The number of aromatic nitrogens is 1. The highest BCUT2D eigenvalue weighted by molar-refractivity contribution is 7.89. The molecule has 4 N–H and O–H groups in total. The van der Waals surface area contributed by atoms with Gasteiger partial charge in [-0.1, -0.05) is 24.3 Å². The first kappa shape index (κ1) is 28.0. The summed E-state index contributed by atoms with van der Waals surface area (Å²) in [5.41, 5.74) is 13.4. The fourth-order valence-corrected chi connectivity index (χ4v) is 7.47. The van der Waals surface area contributed by atoms with E-state index in [9.17, 15) is 13.2 Å². The first-order valence-corrected chi connectivity index (χ1v) is 16.5. The van der Waals surface area contributed by atoms with Gasteiger partial charge in [-0.25, -0.2) is 13.1 Å². The zero-order valence-electron chi connectivity index (χ0n) is 22.7. The number of carbonyl (C=O) groups excluding carboxylic acids is 1. The Balaban J connectivity index is 1.28. The molecule has 208 valence electrons. The van der Waals surface area contributed by atoms with E-state index in [1.165, 1.54) is 17.5 Å². The van der Waals surface area contributed by atoms with Crippen LogP contribution in [0.25, 0.3) is 22.4 Å². The minimum absolute atomic E-state index is 0.0272. The summed E-state index contributed by atoms with van der Waals surface area (Å²) in [5.74, 6) is 0.306. The van der Waals surface area contributed by atoms with Crippen LogP contribution in [0.2, 0.25) is 0 Å². The van der Waals surface area contributed by atoms with Crippen LogP contribution >= 0.6 is 11.3 Å². The average Bonchev–Trinajstić information content (AvgIpc) is 3.34. The second-order valence-corrected chi connectivity index (χ2v) is 14.0. The van der Waals surface area contributed by atoms with E-state index in [1.54, 1.807) is 24.5 Å². The number of anilines is 1. The molecule has 0 atom stereocenters. The second kappa shape index (κ2) is 11.5. The summed E-state index contributed by atoms with van der Waals surface area (Å²) in [6.45, 7) is 3.74. The third-order valence-corrected chi connectivity index (χ3v) is 10.7. The predicted molar refractivity (Wildman–Crippen MR) is 159 cm³/mol. The second-order valence-electron chi connectivity index (χ2n) is 11.2. The number of nitrogens with one attached hydrogen (secondary N) is 2. The smallest absolute Gasteiger partial charge is 0.224 e. The number of rotatable bonds is 9. The van der Waals surface area contributed by atoms with E-state index < -0.39 is 10.0 Å². The molecule has 2 fully saturated rings. The van der Waals surface area contributed by atoms with Crippen molar-refractivity contribution >= 4 is 33.0 Å². The van der Waals surface area contributed by atoms with E-state index in [1.807, 2.05) is 6.07 Å². The highest BCUT2D eigenvalue weighted by atomic mass is 32.2. The minimum atomic E-state index is -3.20. The Hall–Kier alpha value is -2.59. The summed E-state index contributed by atoms with van der Waals surface area (Å²) in [7, 11) is -3.20. The van der Waals surface area contributed by atoms with Gasteiger partial charge in [0, 0.05) is 29.1 Å². The molecule has 0 bridgehead atoms. The fourth-order valence-electron chi connectivity index (χ4n) is 5.71. The van der Waals surface area contributed by atoms with E-state index in [0.29, 0.717) is 12.1 Å². The number of hydrogen-bond acceptors (Lipinski definition) is 6. The Morgan fingerprint density at radius 3 is 2.41 bits per heavy atom. The third kappa shape index (κ3) is 6.43. The summed E-state index contributed by atoms with van der Waals surface area (Å²) >= 11 is 1.65. The van der Waals surface area contributed by atoms with Gasteiger partial charge in [-0.05, 0) is 98.2 Å². The topological polar surface area (TPSA) is 114 Å². The average molecular weight is 567 g/mol. The van der Waals surface area contributed by atoms with Crippen molar-refractivity contribution in [2.45, 2.75) is 76.8 Å². The molecule has 2 aromatic heterocycles. The van der Waals surface area contributed by atoms with E-state index >= 15 is 0 Å². The van der Waals surface area contributed by atoms with E-state index in [0.717, 1.165) is 60.9 Å². The van der Waals surface area contributed by atoms with E-state index in [2.05, 4.69) is 52.0 Å². The Kier molecular flexibility index (Phi) is 8.24. The van der Waals surface area contributed by atoms with Gasteiger partial charge >= 0.3 is 0 Å². The molecule has 0 spiro atoms. The van der Waals surface area contributed by atoms with Gasteiger partial charge in [-0.2, -0.15) is 11.3 Å². The molecule has 9 heteroatoms. The summed E-state index contributed by atoms with van der Waals surface area (Å²) in [6.07, 6.45) is 8.58. The SMILES string of the molecule is CCS(=O)(=O)NC1CCC(CC(=O)Nc2cnc(-c3ccc(C4(N)CCC4)cc3)c(-c3cscc3C)c2)CC1. The Morgan fingerprint density at radius 2 is 1.82 bits per heavy atom. The highest BCUT2D eigenvalue weighted by Gasteiger charge is 2.34. The molecule has 5 rings (SSSR count). The Labute approximate surface area is 235 Å². The van der Waals surface area contributed by atoms with Crippen molar-refractivity contribution in [3.05, 3.63) is 58.4 Å². The normalized spacial score (nSPS) is 20.8. The molecule has 2 aliphatic carbocycles. The number of aryl methyl sites for hydroxylation is 1. The lowest BCUT2D eigenvalue weighted by atomic mass is 9.72. The van der Waals surface area contributed by atoms with Crippen LogP contribution in [0.3, 0.4) is 0 Å². The van der Waals surface area contributed by atoms with Crippen LogP contribution in [0.15, 0.2) is 47.3 Å². The van der Waals surface area contributed by atoms with Gasteiger partial charge in [0.15, 0.2) is 0 Å². The highest BCUT2D eigenvalue weighted by Crippen LogP contribution is 2.40. The molecule has 3 aromatic rings. The van der Waals surface area contributed by atoms with Gasteiger partial charge in [0.05, 0.1) is 23.3 Å². The number of nitrogens with zero attached hydrogens (tertiary/aromatic N) is 1. The molecule has 1 aromatic carbocycles. The van der Waals surface area contributed by atoms with Gasteiger partial charge < -0.3 is 11.1 Å².